The lowest BCUT2D eigenvalue weighted by atomic mass is 10.1. The van der Waals surface area contributed by atoms with Crippen molar-refractivity contribution in [1.82, 2.24) is 10.2 Å². The van der Waals surface area contributed by atoms with Crippen molar-refractivity contribution >= 4 is 35.3 Å². The van der Waals surface area contributed by atoms with Gasteiger partial charge in [0.15, 0.2) is 0 Å². The molecule has 3 rings (SSSR count). The molecular weight excluding hydrogens is 376 g/mol. The Hall–Kier alpha value is -4.01. The fourth-order valence-electron chi connectivity index (χ4n) is 2.89. The molecule has 1 heterocycles. The normalized spacial score (nSPS) is 14.8. The second kappa shape index (κ2) is 8.34. The molecule has 0 aliphatic carbocycles. The number of nitro benzene ring substituents is 1. The summed E-state index contributed by atoms with van der Waals surface area (Å²) in [5, 5.41) is 16.0. The molecule has 0 saturated carbocycles. The van der Waals surface area contributed by atoms with E-state index in [0.29, 0.717) is 11.3 Å². The first-order chi connectivity index (χ1) is 13.9. The van der Waals surface area contributed by atoms with E-state index in [0.717, 1.165) is 16.9 Å². The first-order valence-corrected chi connectivity index (χ1v) is 8.85. The Morgan fingerprint density at radius 2 is 1.97 bits per heavy atom. The molecule has 0 bridgehead atoms. The van der Waals surface area contributed by atoms with Crippen LogP contribution in [-0.4, -0.2) is 34.2 Å². The highest BCUT2D eigenvalue weighted by atomic mass is 16.6. The fourth-order valence-corrected chi connectivity index (χ4v) is 2.89. The van der Waals surface area contributed by atoms with Crippen molar-refractivity contribution in [2.45, 2.75) is 13.3 Å². The van der Waals surface area contributed by atoms with Crippen molar-refractivity contribution in [1.29, 1.82) is 0 Å². The molecule has 1 saturated heterocycles. The molecule has 0 unspecified atom stereocenters. The van der Waals surface area contributed by atoms with E-state index in [4.69, 9.17) is 0 Å². The van der Waals surface area contributed by atoms with Gasteiger partial charge in [0, 0.05) is 17.8 Å². The molecule has 148 valence electrons. The highest BCUT2D eigenvalue weighted by Crippen LogP contribution is 2.19. The molecule has 9 nitrogen and oxygen atoms in total. The maximum absolute atomic E-state index is 12.5. The van der Waals surface area contributed by atoms with Crippen LogP contribution in [0.3, 0.4) is 0 Å². The van der Waals surface area contributed by atoms with Crippen LogP contribution in [0.2, 0.25) is 0 Å². The van der Waals surface area contributed by atoms with E-state index in [1.54, 1.807) is 18.2 Å². The SMILES string of the molecule is CCc1ccccc1NC(=O)CN1C(=O)N/C(=C/c2cccc([N+](=O)[O-])c2)C1=O. The molecule has 0 atom stereocenters. The van der Waals surface area contributed by atoms with Crippen LogP contribution in [-0.2, 0) is 16.0 Å². The molecule has 0 radical (unpaired) electrons. The van der Waals surface area contributed by atoms with E-state index >= 15 is 0 Å². The van der Waals surface area contributed by atoms with Gasteiger partial charge in [0.25, 0.3) is 11.6 Å². The Morgan fingerprint density at radius 1 is 1.21 bits per heavy atom. The molecule has 2 N–H and O–H groups in total. The van der Waals surface area contributed by atoms with Gasteiger partial charge in [-0.2, -0.15) is 0 Å². The molecule has 9 heteroatoms. The zero-order chi connectivity index (χ0) is 21.0. The summed E-state index contributed by atoms with van der Waals surface area (Å²) in [6.45, 7) is 1.50. The van der Waals surface area contributed by atoms with Gasteiger partial charge in [-0.05, 0) is 29.7 Å². The second-order valence-corrected chi connectivity index (χ2v) is 6.29. The lowest BCUT2D eigenvalue weighted by Gasteiger charge is -2.13. The average Bonchev–Trinajstić information content (AvgIpc) is 2.96. The number of hydrogen-bond donors (Lipinski definition) is 2. The molecule has 4 amide bonds. The molecule has 0 aromatic heterocycles. The summed E-state index contributed by atoms with van der Waals surface area (Å²) in [5.41, 5.74) is 1.74. The van der Waals surface area contributed by atoms with Gasteiger partial charge < -0.3 is 10.6 Å². The molecule has 2 aromatic rings. The number of non-ortho nitro benzene ring substituents is 1. The first kappa shape index (κ1) is 19.7. The Bertz CT molecular complexity index is 1030. The maximum Gasteiger partial charge on any atom is 0.329 e. The molecule has 0 spiro atoms. The van der Waals surface area contributed by atoms with Gasteiger partial charge >= 0.3 is 6.03 Å². The fraction of sp³-hybridized carbons (Fsp3) is 0.150. The number of benzene rings is 2. The third kappa shape index (κ3) is 4.46. The summed E-state index contributed by atoms with van der Waals surface area (Å²) < 4.78 is 0. The van der Waals surface area contributed by atoms with E-state index < -0.39 is 29.3 Å². The maximum atomic E-state index is 12.5. The van der Waals surface area contributed by atoms with E-state index in [2.05, 4.69) is 10.6 Å². The Kier molecular flexibility index (Phi) is 5.68. The van der Waals surface area contributed by atoms with Crippen molar-refractivity contribution in [3.05, 3.63) is 75.5 Å². The van der Waals surface area contributed by atoms with E-state index in [1.165, 1.54) is 24.3 Å². The number of para-hydroxylation sites is 1. The smallest absolute Gasteiger partial charge is 0.324 e. The number of aryl methyl sites for hydroxylation is 1. The summed E-state index contributed by atoms with van der Waals surface area (Å²) in [6.07, 6.45) is 2.05. The van der Waals surface area contributed by atoms with Crippen LogP contribution in [0.15, 0.2) is 54.2 Å². The summed E-state index contributed by atoms with van der Waals surface area (Å²) in [7, 11) is 0. The predicted octanol–water partition coefficient (Wildman–Crippen LogP) is 2.69. The Morgan fingerprint density at radius 3 is 2.69 bits per heavy atom. The number of rotatable bonds is 6. The number of urea groups is 1. The first-order valence-electron chi connectivity index (χ1n) is 8.85. The number of nitro groups is 1. The lowest BCUT2D eigenvalue weighted by Crippen LogP contribution is -2.38. The number of nitrogens with zero attached hydrogens (tertiary/aromatic N) is 2. The van der Waals surface area contributed by atoms with Gasteiger partial charge in [-0.3, -0.25) is 19.7 Å². The van der Waals surface area contributed by atoms with Gasteiger partial charge in [0.1, 0.15) is 12.2 Å². The number of hydrogen-bond acceptors (Lipinski definition) is 5. The lowest BCUT2D eigenvalue weighted by molar-refractivity contribution is -0.384. The minimum atomic E-state index is -0.731. The quantitative estimate of drug-likeness (QED) is 0.338. The van der Waals surface area contributed by atoms with Crippen LogP contribution >= 0.6 is 0 Å². The molecule has 29 heavy (non-hydrogen) atoms. The minimum absolute atomic E-state index is 0.0581. The predicted molar refractivity (Wildman–Crippen MR) is 106 cm³/mol. The summed E-state index contributed by atoms with van der Waals surface area (Å²) in [5.74, 6) is -1.19. The summed E-state index contributed by atoms with van der Waals surface area (Å²) >= 11 is 0. The standard InChI is InChI=1S/C20H18N4O5/c1-2-14-7-3-4-9-16(14)21-18(25)12-23-19(26)17(22-20(23)27)11-13-6-5-8-15(10-13)24(28)29/h3-11H,2,12H2,1H3,(H,21,25)(H,22,27)/b17-11+. The minimum Gasteiger partial charge on any atom is -0.324 e. The Labute approximate surface area is 166 Å². The number of imide groups is 1. The molecule has 1 aliphatic rings. The molecular formula is C20H18N4O5. The molecule has 2 aromatic carbocycles. The molecule has 1 fully saturated rings. The largest absolute Gasteiger partial charge is 0.329 e. The van der Waals surface area contributed by atoms with Gasteiger partial charge in [0.05, 0.1) is 4.92 Å². The van der Waals surface area contributed by atoms with Gasteiger partial charge in [-0.25, -0.2) is 9.69 Å². The van der Waals surface area contributed by atoms with Gasteiger partial charge in [-0.1, -0.05) is 37.3 Å². The topological polar surface area (TPSA) is 122 Å². The van der Waals surface area contributed by atoms with Crippen LogP contribution in [0.5, 0.6) is 0 Å². The average molecular weight is 394 g/mol. The highest BCUT2D eigenvalue weighted by Gasteiger charge is 2.35. The van der Waals surface area contributed by atoms with Crippen molar-refractivity contribution in [3.63, 3.8) is 0 Å². The second-order valence-electron chi connectivity index (χ2n) is 6.29. The van der Waals surface area contributed by atoms with Crippen LogP contribution in [0.4, 0.5) is 16.2 Å². The zero-order valence-corrected chi connectivity index (χ0v) is 15.5. The zero-order valence-electron chi connectivity index (χ0n) is 15.5. The van der Waals surface area contributed by atoms with Crippen LogP contribution in [0, 0.1) is 10.1 Å². The number of carbonyl (C=O) groups is 3. The summed E-state index contributed by atoms with van der Waals surface area (Å²) in [6, 6.07) is 12.2. The Balaban J connectivity index is 1.73. The van der Waals surface area contributed by atoms with Crippen LogP contribution in [0.25, 0.3) is 6.08 Å². The van der Waals surface area contributed by atoms with Crippen LogP contribution < -0.4 is 10.6 Å². The van der Waals surface area contributed by atoms with Crippen LogP contribution in [0.1, 0.15) is 18.1 Å². The highest BCUT2D eigenvalue weighted by molar-refractivity contribution is 6.16. The van der Waals surface area contributed by atoms with Crippen molar-refractivity contribution in [2.75, 3.05) is 11.9 Å². The van der Waals surface area contributed by atoms with Gasteiger partial charge in [0.2, 0.25) is 5.91 Å². The van der Waals surface area contributed by atoms with Crippen molar-refractivity contribution < 1.29 is 19.3 Å². The van der Waals surface area contributed by atoms with E-state index in [9.17, 15) is 24.5 Å². The van der Waals surface area contributed by atoms with Crippen molar-refractivity contribution in [3.8, 4) is 0 Å². The third-order valence-electron chi connectivity index (χ3n) is 4.33. The molecule has 1 aliphatic heterocycles. The number of anilines is 1. The number of carbonyl (C=O) groups excluding carboxylic acids is 3. The summed E-state index contributed by atoms with van der Waals surface area (Å²) in [4.78, 5) is 48.1. The third-order valence-corrected chi connectivity index (χ3v) is 4.33. The number of nitrogens with one attached hydrogen (secondary N) is 2. The monoisotopic (exact) mass is 394 g/mol. The number of amides is 4. The van der Waals surface area contributed by atoms with E-state index in [-0.39, 0.29) is 11.4 Å². The van der Waals surface area contributed by atoms with Gasteiger partial charge in [-0.15, -0.1) is 0 Å². The van der Waals surface area contributed by atoms with Crippen molar-refractivity contribution in [2.24, 2.45) is 0 Å². The van der Waals surface area contributed by atoms with E-state index in [1.807, 2.05) is 19.1 Å².